The van der Waals surface area contributed by atoms with Crippen molar-refractivity contribution in [1.29, 1.82) is 0 Å². The van der Waals surface area contributed by atoms with E-state index in [2.05, 4.69) is 44.3 Å². The summed E-state index contributed by atoms with van der Waals surface area (Å²) in [7, 11) is 0. The van der Waals surface area contributed by atoms with Gasteiger partial charge in [-0.25, -0.2) is 0 Å². The quantitative estimate of drug-likeness (QED) is 0.823. The van der Waals surface area contributed by atoms with Crippen LogP contribution in [0.25, 0.3) is 0 Å². The van der Waals surface area contributed by atoms with E-state index in [9.17, 15) is 0 Å². The van der Waals surface area contributed by atoms with E-state index in [1.54, 1.807) is 0 Å². The third-order valence-electron chi connectivity index (χ3n) is 4.03. The maximum absolute atomic E-state index is 6.09. The van der Waals surface area contributed by atoms with Gasteiger partial charge in [0.1, 0.15) is 12.4 Å². The summed E-state index contributed by atoms with van der Waals surface area (Å²) < 4.78 is 11.8. The minimum Gasteiger partial charge on any atom is -0.491 e. The Balaban J connectivity index is 2.00. The Morgan fingerprint density at radius 2 is 2.24 bits per heavy atom. The van der Waals surface area contributed by atoms with Crippen molar-refractivity contribution < 1.29 is 9.47 Å². The molecule has 2 atom stereocenters. The van der Waals surface area contributed by atoms with E-state index in [-0.39, 0.29) is 6.10 Å². The summed E-state index contributed by atoms with van der Waals surface area (Å²) in [4.78, 5) is 0. The standard InChI is InChI=1S/C18H29NO2/c1-4-10-19-15(3)17-9-8-14(2)12-18(17)21-13-16-7-5-6-11-20-16/h8-9,12,15-16,19H,4-7,10-11,13H2,1-3H3. The lowest BCUT2D eigenvalue weighted by atomic mass is 10.0. The third kappa shape index (κ3) is 5.01. The molecule has 0 aliphatic carbocycles. The molecule has 1 aromatic carbocycles. The molecular formula is C18H29NO2. The van der Waals surface area contributed by atoms with Crippen LogP contribution in [0.5, 0.6) is 5.75 Å². The van der Waals surface area contributed by atoms with Gasteiger partial charge in [-0.15, -0.1) is 0 Å². The van der Waals surface area contributed by atoms with E-state index >= 15 is 0 Å². The zero-order valence-electron chi connectivity index (χ0n) is 13.7. The smallest absolute Gasteiger partial charge is 0.124 e. The van der Waals surface area contributed by atoms with Crippen LogP contribution in [0.2, 0.25) is 0 Å². The molecule has 0 saturated carbocycles. The normalized spacial score (nSPS) is 20.2. The molecule has 0 aromatic heterocycles. The zero-order valence-corrected chi connectivity index (χ0v) is 13.7. The Bertz CT molecular complexity index is 427. The maximum Gasteiger partial charge on any atom is 0.124 e. The van der Waals surface area contributed by atoms with E-state index in [1.807, 2.05) is 0 Å². The fraction of sp³-hybridized carbons (Fsp3) is 0.667. The molecule has 118 valence electrons. The molecular weight excluding hydrogens is 262 g/mol. The van der Waals surface area contributed by atoms with Crippen LogP contribution in [0.1, 0.15) is 56.7 Å². The average Bonchev–Trinajstić information content (AvgIpc) is 2.51. The first kappa shape index (κ1) is 16.3. The van der Waals surface area contributed by atoms with Crippen LogP contribution in [0.3, 0.4) is 0 Å². The second-order valence-corrected chi connectivity index (χ2v) is 6.02. The number of nitrogens with one attached hydrogen (secondary N) is 1. The van der Waals surface area contributed by atoms with E-state index < -0.39 is 0 Å². The summed E-state index contributed by atoms with van der Waals surface area (Å²) in [5.41, 5.74) is 2.48. The van der Waals surface area contributed by atoms with Crippen molar-refractivity contribution in [3.63, 3.8) is 0 Å². The second-order valence-electron chi connectivity index (χ2n) is 6.02. The van der Waals surface area contributed by atoms with Gasteiger partial charge >= 0.3 is 0 Å². The Kier molecular flexibility index (Phi) is 6.52. The fourth-order valence-corrected chi connectivity index (χ4v) is 2.72. The molecule has 1 heterocycles. The molecule has 1 aliphatic rings. The molecule has 0 spiro atoms. The first-order valence-corrected chi connectivity index (χ1v) is 8.29. The molecule has 3 nitrogen and oxygen atoms in total. The lowest BCUT2D eigenvalue weighted by Crippen LogP contribution is -2.26. The Labute approximate surface area is 129 Å². The van der Waals surface area contributed by atoms with Crippen LogP contribution in [-0.4, -0.2) is 25.9 Å². The summed E-state index contributed by atoms with van der Waals surface area (Å²) in [5.74, 6) is 1.00. The second kappa shape index (κ2) is 8.40. The molecule has 1 N–H and O–H groups in total. The van der Waals surface area contributed by atoms with Gasteiger partial charge in [0.25, 0.3) is 0 Å². The van der Waals surface area contributed by atoms with Crippen molar-refractivity contribution in [3.05, 3.63) is 29.3 Å². The van der Waals surface area contributed by atoms with E-state index in [0.717, 1.165) is 31.7 Å². The predicted molar refractivity (Wildman–Crippen MR) is 87.0 cm³/mol. The van der Waals surface area contributed by atoms with Crippen LogP contribution >= 0.6 is 0 Å². The molecule has 1 aromatic rings. The minimum absolute atomic E-state index is 0.256. The molecule has 3 heteroatoms. The summed E-state index contributed by atoms with van der Waals surface area (Å²) in [6, 6.07) is 6.79. The molecule has 1 aliphatic heterocycles. The highest BCUT2D eigenvalue weighted by Crippen LogP contribution is 2.27. The summed E-state index contributed by atoms with van der Waals surface area (Å²) in [6.07, 6.45) is 4.95. The third-order valence-corrected chi connectivity index (χ3v) is 4.03. The average molecular weight is 291 g/mol. The van der Waals surface area contributed by atoms with Crippen LogP contribution in [0.15, 0.2) is 18.2 Å². The van der Waals surface area contributed by atoms with Crippen molar-refractivity contribution in [1.82, 2.24) is 5.32 Å². The van der Waals surface area contributed by atoms with Gasteiger partial charge in [-0.3, -0.25) is 0 Å². The monoisotopic (exact) mass is 291 g/mol. The van der Waals surface area contributed by atoms with Crippen LogP contribution in [0, 0.1) is 6.92 Å². The highest BCUT2D eigenvalue weighted by molar-refractivity contribution is 5.39. The Morgan fingerprint density at radius 1 is 1.38 bits per heavy atom. The number of hydrogen-bond acceptors (Lipinski definition) is 3. The topological polar surface area (TPSA) is 30.5 Å². The molecule has 1 saturated heterocycles. The van der Waals surface area contributed by atoms with Crippen molar-refractivity contribution in [3.8, 4) is 5.75 Å². The largest absolute Gasteiger partial charge is 0.491 e. The SMILES string of the molecule is CCCNC(C)c1ccc(C)cc1OCC1CCCCO1. The van der Waals surface area contributed by atoms with E-state index in [1.165, 1.54) is 24.0 Å². The molecule has 1 fully saturated rings. The van der Waals surface area contributed by atoms with Crippen LogP contribution in [0.4, 0.5) is 0 Å². The van der Waals surface area contributed by atoms with Gasteiger partial charge in [0.2, 0.25) is 0 Å². The highest BCUT2D eigenvalue weighted by atomic mass is 16.5. The molecule has 0 bridgehead atoms. The minimum atomic E-state index is 0.256. The van der Waals surface area contributed by atoms with E-state index in [0.29, 0.717) is 12.6 Å². The number of benzene rings is 1. The number of ether oxygens (including phenoxy) is 2. The first-order chi connectivity index (χ1) is 10.2. The first-order valence-electron chi connectivity index (χ1n) is 8.29. The molecule has 21 heavy (non-hydrogen) atoms. The van der Waals surface area contributed by atoms with E-state index in [4.69, 9.17) is 9.47 Å². The van der Waals surface area contributed by atoms with Gasteiger partial charge in [0, 0.05) is 18.2 Å². The fourth-order valence-electron chi connectivity index (χ4n) is 2.72. The lowest BCUT2D eigenvalue weighted by Gasteiger charge is -2.24. The van der Waals surface area contributed by atoms with Gasteiger partial charge in [0.15, 0.2) is 0 Å². The molecule has 2 rings (SSSR count). The molecule has 0 amide bonds. The summed E-state index contributed by atoms with van der Waals surface area (Å²) in [5, 5.41) is 3.54. The van der Waals surface area contributed by atoms with Gasteiger partial charge in [-0.05, 0) is 57.7 Å². The lowest BCUT2D eigenvalue weighted by molar-refractivity contribution is -0.0113. The number of hydrogen-bond donors (Lipinski definition) is 1. The van der Waals surface area contributed by atoms with Gasteiger partial charge in [0.05, 0.1) is 6.10 Å². The Hall–Kier alpha value is -1.06. The molecule has 0 radical (unpaired) electrons. The van der Waals surface area contributed by atoms with Gasteiger partial charge in [-0.2, -0.15) is 0 Å². The number of rotatable bonds is 7. The zero-order chi connectivity index (χ0) is 15.1. The Morgan fingerprint density at radius 3 is 2.95 bits per heavy atom. The van der Waals surface area contributed by atoms with Crippen molar-refractivity contribution >= 4 is 0 Å². The van der Waals surface area contributed by atoms with Crippen LogP contribution < -0.4 is 10.1 Å². The van der Waals surface area contributed by atoms with Crippen molar-refractivity contribution in [2.24, 2.45) is 0 Å². The molecule has 2 unspecified atom stereocenters. The van der Waals surface area contributed by atoms with Crippen molar-refractivity contribution in [2.75, 3.05) is 19.8 Å². The summed E-state index contributed by atoms with van der Waals surface area (Å²) in [6.45, 7) is 9.06. The maximum atomic E-state index is 6.09. The van der Waals surface area contributed by atoms with Gasteiger partial charge in [-0.1, -0.05) is 19.1 Å². The predicted octanol–water partition coefficient (Wildman–Crippen LogP) is 4.00. The van der Waals surface area contributed by atoms with Crippen LogP contribution in [-0.2, 0) is 4.74 Å². The number of aryl methyl sites for hydroxylation is 1. The highest BCUT2D eigenvalue weighted by Gasteiger charge is 2.17. The summed E-state index contributed by atoms with van der Waals surface area (Å²) >= 11 is 0. The van der Waals surface area contributed by atoms with Crippen molar-refractivity contribution in [2.45, 2.75) is 58.6 Å². The van der Waals surface area contributed by atoms with Gasteiger partial charge < -0.3 is 14.8 Å².